The van der Waals surface area contributed by atoms with Crippen LogP contribution in [-0.2, 0) is 0 Å². The molecule has 0 saturated heterocycles. The van der Waals surface area contributed by atoms with Crippen LogP contribution in [0.3, 0.4) is 0 Å². The molecule has 5 nitrogen and oxygen atoms in total. The zero-order valence-electron chi connectivity index (χ0n) is 14.3. The van der Waals surface area contributed by atoms with Crippen LogP contribution in [0, 0.1) is 17.3 Å². The predicted molar refractivity (Wildman–Crippen MR) is 99.3 cm³/mol. The first kappa shape index (κ1) is 17.0. The summed E-state index contributed by atoms with van der Waals surface area (Å²) >= 11 is 5.41. The normalized spacial score (nSPS) is 30.6. The third-order valence-corrected chi connectivity index (χ3v) is 6.56. The molecule has 2 bridgehead atoms. The quantitative estimate of drug-likeness (QED) is 0.384. The number of hydrogen-bond donors (Lipinski definition) is 4. The zero-order valence-corrected chi connectivity index (χ0v) is 15.2. The Morgan fingerprint density at radius 3 is 2.58 bits per heavy atom. The molecule has 0 radical (unpaired) electrons. The van der Waals surface area contributed by atoms with Gasteiger partial charge in [0.05, 0.1) is 6.21 Å². The zero-order chi connectivity index (χ0) is 17.5. The SMILES string of the molecule is CC1(C)[C@@H]2CC[C@H](C2)[C@@]1(C)NC(=S)N/N=C\c1ccc(O)cc1O. The predicted octanol–water partition coefficient (Wildman–Crippen LogP) is 3.11. The van der Waals surface area contributed by atoms with Crippen molar-refractivity contribution in [2.45, 2.75) is 45.6 Å². The molecule has 0 spiro atoms. The maximum absolute atomic E-state index is 9.74. The van der Waals surface area contributed by atoms with Gasteiger partial charge < -0.3 is 15.5 Å². The van der Waals surface area contributed by atoms with Crippen LogP contribution in [0.5, 0.6) is 11.5 Å². The van der Waals surface area contributed by atoms with Crippen molar-refractivity contribution >= 4 is 23.5 Å². The highest BCUT2D eigenvalue weighted by atomic mass is 32.1. The van der Waals surface area contributed by atoms with Crippen LogP contribution in [0.2, 0.25) is 0 Å². The summed E-state index contributed by atoms with van der Waals surface area (Å²) in [5, 5.41) is 27.1. The van der Waals surface area contributed by atoms with Crippen molar-refractivity contribution in [3.05, 3.63) is 23.8 Å². The highest BCUT2D eigenvalue weighted by molar-refractivity contribution is 7.80. The van der Waals surface area contributed by atoms with Crippen molar-refractivity contribution in [3.8, 4) is 11.5 Å². The average Bonchev–Trinajstić information content (AvgIpc) is 3.05. The summed E-state index contributed by atoms with van der Waals surface area (Å²) in [5.41, 5.74) is 3.51. The number of phenolic OH excluding ortho intramolecular Hbond substituents is 2. The Balaban J connectivity index is 1.63. The smallest absolute Gasteiger partial charge is 0.187 e. The van der Waals surface area contributed by atoms with Gasteiger partial charge in [-0.25, -0.2) is 0 Å². The fourth-order valence-corrected chi connectivity index (χ4v) is 4.70. The minimum atomic E-state index is -0.0316. The molecule has 1 aromatic carbocycles. The molecule has 130 valence electrons. The van der Waals surface area contributed by atoms with Gasteiger partial charge in [0.2, 0.25) is 0 Å². The maximum Gasteiger partial charge on any atom is 0.187 e. The Bertz CT molecular complexity index is 689. The molecule has 0 heterocycles. The van der Waals surface area contributed by atoms with Crippen molar-refractivity contribution < 1.29 is 10.2 Å². The van der Waals surface area contributed by atoms with Crippen molar-refractivity contribution in [3.63, 3.8) is 0 Å². The molecule has 0 amide bonds. The van der Waals surface area contributed by atoms with Crippen molar-refractivity contribution in [2.75, 3.05) is 0 Å². The van der Waals surface area contributed by atoms with Crippen molar-refractivity contribution in [2.24, 2.45) is 22.4 Å². The van der Waals surface area contributed by atoms with E-state index in [1.54, 1.807) is 6.07 Å². The Kier molecular flexibility index (Phi) is 4.20. The Hall–Kier alpha value is -1.82. The molecule has 0 aliphatic heterocycles. The molecule has 24 heavy (non-hydrogen) atoms. The molecular formula is C18H25N3O2S. The topological polar surface area (TPSA) is 76.9 Å². The number of hydrogen-bond acceptors (Lipinski definition) is 4. The fraction of sp³-hybridized carbons (Fsp3) is 0.556. The molecule has 3 rings (SSSR count). The van der Waals surface area contributed by atoms with Gasteiger partial charge in [0.1, 0.15) is 11.5 Å². The van der Waals surface area contributed by atoms with Crippen molar-refractivity contribution in [1.29, 1.82) is 0 Å². The van der Waals surface area contributed by atoms with Gasteiger partial charge in [-0.2, -0.15) is 5.10 Å². The first-order valence-corrected chi connectivity index (χ1v) is 8.78. The lowest BCUT2D eigenvalue weighted by molar-refractivity contribution is 0.0833. The molecule has 3 atom stereocenters. The second-order valence-electron chi connectivity index (χ2n) is 7.70. The second kappa shape index (κ2) is 5.92. The van der Waals surface area contributed by atoms with E-state index >= 15 is 0 Å². The number of nitrogens with zero attached hydrogens (tertiary/aromatic N) is 1. The van der Waals surface area contributed by atoms with E-state index in [0.717, 1.165) is 5.92 Å². The molecule has 2 aliphatic carbocycles. The van der Waals surface area contributed by atoms with Gasteiger partial charge in [-0.05, 0) is 67.8 Å². The summed E-state index contributed by atoms with van der Waals surface area (Å²) in [6.45, 7) is 6.91. The van der Waals surface area contributed by atoms with E-state index in [1.165, 1.54) is 37.6 Å². The van der Waals surface area contributed by atoms with Crippen LogP contribution in [-0.4, -0.2) is 27.1 Å². The molecule has 4 N–H and O–H groups in total. The Morgan fingerprint density at radius 1 is 1.25 bits per heavy atom. The summed E-state index contributed by atoms with van der Waals surface area (Å²) in [5.74, 6) is 1.38. The highest BCUT2D eigenvalue weighted by Gasteiger charge is 2.60. The minimum Gasteiger partial charge on any atom is -0.508 e. The number of hydrazone groups is 1. The lowest BCUT2D eigenvalue weighted by Crippen LogP contribution is -2.60. The van der Waals surface area contributed by atoms with E-state index < -0.39 is 0 Å². The van der Waals surface area contributed by atoms with E-state index in [9.17, 15) is 10.2 Å². The molecular weight excluding hydrogens is 322 g/mol. The molecule has 2 fully saturated rings. The third kappa shape index (κ3) is 2.73. The third-order valence-electron chi connectivity index (χ3n) is 6.37. The van der Waals surface area contributed by atoms with Crippen LogP contribution in [0.15, 0.2) is 23.3 Å². The average molecular weight is 347 g/mol. The van der Waals surface area contributed by atoms with Crippen LogP contribution < -0.4 is 10.7 Å². The van der Waals surface area contributed by atoms with Gasteiger partial charge in [-0.1, -0.05) is 13.8 Å². The monoisotopic (exact) mass is 347 g/mol. The summed E-state index contributed by atoms with van der Waals surface area (Å²) < 4.78 is 0. The number of thiocarbonyl (C=S) groups is 1. The Morgan fingerprint density at radius 2 is 1.96 bits per heavy atom. The number of phenols is 2. The van der Waals surface area contributed by atoms with Crippen LogP contribution in [0.4, 0.5) is 0 Å². The van der Waals surface area contributed by atoms with E-state index in [0.29, 0.717) is 16.6 Å². The number of benzene rings is 1. The van der Waals surface area contributed by atoms with Gasteiger partial charge in [-0.15, -0.1) is 0 Å². The van der Waals surface area contributed by atoms with E-state index in [4.69, 9.17) is 12.2 Å². The van der Waals surface area contributed by atoms with Gasteiger partial charge in [-0.3, -0.25) is 5.43 Å². The maximum atomic E-state index is 9.74. The van der Waals surface area contributed by atoms with Gasteiger partial charge in [0.15, 0.2) is 5.11 Å². The lowest BCUT2D eigenvalue weighted by atomic mass is 9.64. The van der Waals surface area contributed by atoms with Gasteiger partial charge in [0, 0.05) is 17.2 Å². The molecule has 2 aliphatic rings. The van der Waals surface area contributed by atoms with E-state index in [-0.39, 0.29) is 22.5 Å². The molecule has 2 saturated carbocycles. The van der Waals surface area contributed by atoms with Crippen LogP contribution in [0.1, 0.15) is 45.6 Å². The fourth-order valence-electron chi connectivity index (χ4n) is 4.44. The number of rotatable bonds is 3. The van der Waals surface area contributed by atoms with Crippen molar-refractivity contribution in [1.82, 2.24) is 10.7 Å². The summed E-state index contributed by atoms with van der Waals surface area (Å²) in [7, 11) is 0. The van der Waals surface area contributed by atoms with E-state index in [1.807, 2.05) is 0 Å². The second-order valence-corrected chi connectivity index (χ2v) is 8.11. The summed E-state index contributed by atoms with van der Waals surface area (Å²) in [6, 6.07) is 4.36. The largest absolute Gasteiger partial charge is 0.508 e. The number of fused-ring (bicyclic) bond motifs is 2. The minimum absolute atomic E-state index is 0.0150. The number of aromatic hydroxyl groups is 2. The summed E-state index contributed by atoms with van der Waals surface area (Å²) in [6.07, 6.45) is 5.32. The molecule has 6 heteroatoms. The summed E-state index contributed by atoms with van der Waals surface area (Å²) in [4.78, 5) is 0. The van der Waals surface area contributed by atoms with Crippen LogP contribution >= 0.6 is 12.2 Å². The van der Waals surface area contributed by atoms with Gasteiger partial charge in [0.25, 0.3) is 0 Å². The number of nitrogens with one attached hydrogen (secondary N) is 2. The highest BCUT2D eigenvalue weighted by Crippen LogP contribution is 2.61. The first-order chi connectivity index (χ1) is 11.2. The van der Waals surface area contributed by atoms with Gasteiger partial charge >= 0.3 is 0 Å². The molecule has 0 aromatic heterocycles. The lowest BCUT2D eigenvalue weighted by Gasteiger charge is -2.48. The Labute approximate surface area is 148 Å². The molecule has 1 aromatic rings. The molecule has 0 unspecified atom stereocenters. The standard InChI is InChI=1S/C18H25N3O2S/c1-17(2)12-5-6-13(8-12)18(17,3)20-16(24)21-19-10-11-4-7-14(22)9-15(11)23/h4,7,9-10,12-13,22-23H,5-6,8H2,1-3H3,(H2,20,21,24)/b19-10-/t12-,13-,18-/m1/s1. The van der Waals surface area contributed by atoms with Crippen LogP contribution in [0.25, 0.3) is 0 Å². The first-order valence-electron chi connectivity index (χ1n) is 8.37. The van der Waals surface area contributed by atoms with E-state index in [2.05, 4.69) is 36.6 Å².